The van der Waals surface area contributed by atoms with Crippen LogP contribution in [0.15, 0.2) is 18.2 Å². The fourth-order valence-corrected chi connectivity index (χ4v) is 4.68. The summed E-state index contributed by atoms with van der Waals surface area (Å²) in [4.78, 5) is 25.9. The standard InChI is InChI=1S/C16H22N2O4S/c1-4-18(14-5-6-23(21,22)10-14)16(20)15(19)17-13-8-11(2)7-12(3)9-13/h7-9,14H,4-6,10H2,1-3H3,(H,17,19). The molecule has 1 aromatic rings. The number of hydrogen-bond donors (Lipinski definition) is 1. The van der Waals surface area contributed by atoms with E-state index in [4.69, 9.17) is 0 Å². The van der Waals surface area contributed by atoms with Crippen molar-refractivity contribution in [1.82, 2.24) is 4.90 Å². The Balaban J connectivity index is 2.10. The highest BCUT2D eigenvalue weighted by atomic mass is 32.2. The molecule has 1 aromatic carbocycles. The summed E-state index contributed by atoms with van der Waals surface area (Å²) in [5, 5.41) is 2.60. The monoisotopic (exact) mass is 338 g/mol. The van der Waals surface area contributed by atoms with Crippen LogP contribution in [0.25, 0.3) is 0 Å². The first-order chi connectivity index (χ1) is 10.7. The van der Waals surface area contributed by atoms with Crippen LogP contribution in [0, 0.1) is 13.8 Å². The Morgan fingerprint density at radius 1 is 1.22 bits per heavy atom. The zero-order valence-electron chi connectivity index (χ0n) is 13.6. The first-order valence-electron chi connectivity index (χ1n) is 7.62. The summed E-state index contributed by atoms with van der Waals surface area (Å²) in [7, 11) is -3.11. The summed E-state index contributed by atoms with van der Waals surface area (Å²) in [6.45, 7) is 5.87. The largest absolute Gasteiger partial charge is 0.331 e. The van der Waals surface area contributed by atoms with E-state index in [2.05, 4.69) is 5.32 Å². The van der Waals surface area contributed by atoms with Gasteiger partial charge in [-0.3, -0.25) is 9.59 Å². The molecule has 1 aliphatic rings. The van der Waals surface area contributed by atoms with Crippen molar-refractivity contribution < 1.29 is 18.0 Å². The highest BCUT2D eigenvalue weighted by Crippen LogP contribution is 2.19. The summed E-state index contributed by atoms with van der Waals surface area (Å²) in [6, 6.07) is 5.13. The Morgan fingerprint density at radius 3 is 2.30 bits per heavy atom. The van der Waals surface area contributed by atoms with Gasteiger partial charge in [0.15, 0.2) is 9.84 Å². The summed E-state index contributed by atoms with van der Waals surface area (Å²) < 4.78 is 23.2. The first kappa shape index (κ1) is 17.5. The predicted molar refractivity (Wildman–Crippen MR) is 89.0 cm³/mol. The molecule has 0 aliphatic carbocycles. The number of carbonyl (C=O) groups excluding carboxylic acids is 2. The van der Waals surface area contributed by atoms with Crippen LogP contribution in [0.1, 0.15) is 24.5 Å². The molecule has 1 atom stereocenters. The van der Waals surface area contributed by atoms with Gasteiger partial charge < -0.3 is 10.2 Å². The molecule has 1 saturated heterocycles. The SMILES string of the molecule is CCN(C(=O)C(=O)Nc1cc(C)cc(C)c1)C1CCS(=O)(=O)C1. The van der Waals surface area contributed by atoms with Gasteiger partial charge in [0, 0.05) is 18.3 Å². The van der Waals surface area contributed by atoms with E-state index >= 15 is 0 Å². The van der Waals surface area contributed by atoms with E-state index in [1.54, 1.807) is 19.1 Å². The van der Waals surface area contributed by atoms with Crippen molar-refractivity contribution in [3.8, 4) is 0 Å². The Hall–Kier alpha value is -1.89. The topological polar surface area (TPSA) is 83.6 Å². The number of benzene rings is 1. The minimum atomic E-state index is -3.11. The van der Waals surface area contributed by atoms with Crippen LogP contribution in [-0.4, -0.2) is 49.2 Å². The number of nitrogens with zero attached hydrogens (tertiary/aromatic N) is 1. The van der Waals surface area contributed by atoms with E-state index in [-0.39, 0.29) is 11.5 Å². The highest BCUT2D eigenvalue weighted by Gasteiger charge is 2.35. The van der Waals surface area contributed by atoms with Crippen LogP contribution < -0.4 is 5.32 Å². The molecule has 0 aromatic heterocycles. The number of anilines is 1. The number of carbonyl (C=O) groups is 2. The molecule has 23 heavy (non-hydrogen) atoms. The van der Waals surface area contributed by atoms with E-state index in [1.807, 2.05) is 19.9 Å². The van der Waals surface area contributed by atoms with Crippen LogP contribution in [-0.2, 0) is 19.4 Å². The lowest BCUT2D eigenvalue weighted by molar-refractivity contribution is -0.144. The molecule has 1 aliphatic heterocycles. The minimum absolute atomic E-state index is 0.0661. The zero-order valence-corrected chi connectivity index (χ0v) is 14.4. The van der Waals surface area contributed by atoms with E-state index in [1.165, 1.54) is 4.90 Å². The van der Waals surface area contributed by atoms with E-state index in [0.717, 1.165) is 11.1 Å². The smallest absolute Gasteiger partial charge is 0.313 e. The van der Waals surface area contributed by atoms with E-state index < -0.39 is 27.7 Å². The van der Waals surface area contributed by atoms with Crippen molar-refractivity contribution in [2.24, 2.45) is 0 Å². The van der Waals surface area contributed by atoms with Gasteiger partial charge >= 0.3 is 11.8 Å². The molecule has 0 bridgehead atoms. The number of rotatable bonds is 3. The molecule has 1 fully saturated rings. The number of hydrogen-bond acceptors (Lipinski definition) is 4. The third-order valence-electron chi connectivity index (χ3n) is 3.92. The van der Waals surface area contributed by atoms with Gasteiger partial charge in [-0.05, 0) is 50.5 Å². The molecule has 0 spiro atoms. The van der Waals surface area contributed by atoms with Gasteiger partial charge in [0.1, 0.15) is 0 Å². The van der Waals surface area contributed by atoms with Crippen LogP contribution in [0.4, 0.5) is 5.69 Å². The fourth-order valence-electron chi connectivity index (χ4n) is 2.95. The van der Waals surface area contributed by atoms with Gasteiger partial charge in [0.2, 0.25) is 0 Å². The normalized spacial score (nSPS) is 19.3. The van der Waals surface area contributed by atoms with Gasteiger partial charge in [-0.25, -0.2) is 8.42 Å². The quantitative estimate of drug-likeness (QED) is 0.842. The van der Waals surface area contributed by atoms with Crippen molar-refractivity contribution in [2.75, 3.05) is 23.4 Å². The van der Waals surface area contributed by atoms with Gasteiger partial charge in [-0.15, -0.1) is 0 Å². The number of sulfone groups is 1. The Labute approximate surface area is 136 Å². The molecule has 2 rings (SSSR count). The van der Waals surface area contributed by atoms with Crippen molar-refractivity contribution in [3.63, 3.8) is 0 Å². The summed E-state index contributed by atoms with van der Waals surface area (Å²) >= 11 is 0. The van der Waals surface area contributed by atoms with E-state index in [0.29, 0.717) is 18.7 Å². The fraction of sp³-hybridized carbons (Fsp3) is 0.500. The first-order valence-corrected chi connectivity index (χ1v) is 9.44. The van der Waals surface area contributed by atoms with Crippen LogP contribution in [0.3, 0.4) is 0 Å². The minimum Gasteiger partial charge on any atom is -0.331 e. The van der Waals surface area contributed by atoms with Crippen molar-refractivity contribution in [2.45, 2.75) is 33.2 Å². The maximum Gasteiger partial charge on any atom is 0.313 e. The maximum atomic E-state index is 12.4. The maximum absolute atomic E-state index is 12.4. The molecule has 1 unspecified atom stereocenters. The second kappa shape index (κ2) is 6.70. The molecular weight excluding hydrogens is 316 g/mol. The second-order valence-corrected chi connectivity index (χ2v) is 8.21. The number of amides is 2. The Morgan fingerprint density at radius 2 is 1.83 bits per heavy atom. The van der Waals surface area contributed by atoms with Gasteiger partial charge in [0.05, 0.1) is 11.5 Å². The number of likely N-dealkylation sites (N-methyl/N-ethyl adjacent to an activating group) is 1. The molecule has 2 amide bonds. The molecule has 6 nitrogen and oxygen atoms in total. The summed E-state index contributed by atoms with van der Waals surface area (Å²) in [5.74, 6) is -1.42. The molecule has 126 valence electrons. The molecular formula is C16H22N2O4S. The lowest BCUT2D eigenvalue weighted by Gasteiger charge is -2.26. The summed E-state index contributed by atoms with van der Waals surface area (Å²) in [6.07, 6.45) is 0.388. The predicted octanol–water partition coefficient (Wildman–Crippen LogP) is 1.28. The molecule has 7 heteroatoms. The summed E-state index contributed by atoms with van der Waals surface area (Å²) in [5.41, 5.74) is 2.54. The lowest BCUT2D eigenvalue weighted by atomic mass is 10.1. The van der Waals surface area contributed by atoms with Gasteiger partial charge in [0.25, 0.3) is 0 Å². The van der Waals surface area contributed by atoms with Crippen LogP contribution in [0.2, 0.25) is 0 Å². The number of aryl methyl sites for hydroxylation is 2. The molecule has 1 heterocycles. The molecule has 0 radical (unpaired) electrons. The second-order valence-electron chi connectivity index (χ2n) is 5.98. The third-order valence-corrected chi connectivity index (χ3v) is 5.67. The molecule has 1 N–H and O–H groups in total. The van der Waals surface area contributed by atoms with Crippen molar-refractivity contribution in [3.05, 3.63) is 29.3 Å². The number of nitrogens with one attached hydrogen (secondary N) is 1. The average molecular weight is 338 g/mol. The highest BCUT2D eigenvalue weighted by molar-refractivity contribution is 7.91. The average Bonchev–Trinajstić information content (AvgIpc) is 2.78. The Kier molecular flexibility index (Phi) is 5.09. The van der Waals surface area contributed by atoms with Crippen LogP contribution in [0.5, 0.6) is 0 Å². The zero-order chi connectivity index (χ0) is 17.2. The van der Waals surface area contributed by atoms with E-state index in [9.17, 15) is 18.0 Å². The molecule has 0 saturated carbocycles. The van der Waals surface area contributed by atoms with Gasteiger partial charge in [-0.2, -0.15) is 0 Å². The Bertz CT molecular complexity index is 707. The third kappa shape index (κ3) is 4.31. The van der Waals surface area contributed by atoms with Gasteiger partial charge in [-0.1, -0.05) is 6.07 Å². The van der Waals surface area contributed by atoms with Crippen molar-refractivity contribution >= 4 is 27.3 Å². The van der Waals surface area contributed by atoms with Crippen molar-refractivity contribution in [1.29, 1.82) is 0 Å². The van der Waals surface area contributed by atoms with Crippen LogP contribution >= 0.6 is 0 Å². The lowest BCUT2D eigenvalue weighted by Crippen LogP contribution is -2.46.